The van der Waals surface area contributed by atoms with Crippen molar-refractivity contribution in [2.45, 2.75) is 40.5 Å². The molecule has 2 heteroatoms. The fraction of sp³-hybridized carbons (Fsp3) is 0.533. The molecule has 0 amide bonds. The molecule has 2 nitrogen and oxygen atoms in total. The van der Waals surface area contributed by atoms with E-state index in [4.69, 9.17) is 4.74 Å². The molecular formula is C15H22O2. The summed E-state index contributed by atoms with van der Waals surface area (Å²) in [6.07, 6.45) is 3.25. The second kappa shape index (κ2) is 6.43. The van der Waals surface area contributed by atoms with Crippen LogP contribution in [0.15, 0.2) is 12.1 Å². The third kappa shape index (κ3) is 3.88. The maximum Gasteiger partial charge on any atom is 0.150 e. The van der Waals surface area contributed by atoms with E-state index in [9.17, 15) is 4.79 Å². The SMILES string of the molecule is CCCC(C)COc1c(C)cc(C=O)cc1C. The van der Waals surface area contributed by atoms with Crippen LogP contribution < -0.4 is 4.74 Å². The minimum absolute atomic E-state index is 0.574. The smallest absolute Gasteiger partial charge is 0.150 e. The second-order valence-corrected chi connectivity index (χ2v) is 4.81. The Hall–Kier alpha value is -1.31. The topological polar surface area (TPSA) is 26.3 Å². The Kier molecular flexibility index (Phi) is 5.20. The molecule has 0 saturated heterocycles. The Balaban J connectivity index is 2.74. The molecular weight excluding hydrogens is 212 g/mol. The Labute approximate surface area is 104 Å². The van der Waals surface area contributed by atoms with E-state index in [1.807, 2.05) is 26.0 Å². The lowest BCUT2D eigenvalue weighted by Crippen LogP contribution is -2.09. The monoisotopic (exact) mass is 234 g/mol. The van der Waals surface area contributed by atoms with Gasteiger partial charge in [0.25, 0.3) is 0 Å². The molecule has 0 radical (unpaired) electrons. The molecule has 0 saturated carbocycles. The van der Waals surface area contributed by atoms with E-state index in [1.54, 1.807) is 0 Å². The van der Waals surface area contributed by atoms with Crippen LogP contribution in [0.2, 0.25) is 0 Å². The van der Waals surface area contributed by atoms with Crippen LogP contribution in [0.25, 0.3) is 0 Å². The lowest BCUT2D eigenvalue weighted by Gasteiger charge is -2.16. The first kappa shape index (κ1) is 13.8. The number of aldehydes is 1. The highest BCUT2D eigenvalue weighted by Crippen LogP contribution is 2.25. The number of carbonyl (C=O) groups is 1. The molecule has 0 aliphatic heterocycles. The van der Waals surface area contributed by atoms with Crippen molar-refractivity contribution in [2.24, 2.45) is 5.92 Å². The van der Waals surface area contributed by atoms with Gasteiger partial charge in [0, 0.05) is 5.56 Å². The molecule has 1 atom stereocenters. The van der Waals surface area contributed by atoms with E-state index < -0.39 is 0 Å². The van der Waals surface area contributed by atoms with Gasteiger partial charge in [-0.05, 0) is 49.4 Å². The van der Waals surface area contributed by atoms with Gasteiger partial charge in [0.2, 0.25) is 0 Å². The number of hydrogen-bond donors (Lipinski definition) is 0. The molecule has 0 spiro atoms. The summed E-state index contributed by atoms with van der Waals surface area (Å²) in [7, 11) is 0. The predicted octanol–water partition coefficient (Wildman–Crippen LogP) is 3.93. The average Bonchev–Trinajstić information content (AvgIpc) is 2.28. The van der Waals surface area contributed by atoms with Gasteiger partial charge in [-0.3, -0.25) is 4.79 Å². The van der Waals surface area contributed by atoms with Crippen molar-refractivity contribution in [2.75, 3.05) is 6.61 Å². The third-order valence-electron chi connectivity index (χ3n) is 2.91. The van der Waals surface area contributed by atoms with Crippen LogP contribution >= 0.6 is 0 Å². The molecule has 1 aromatic rings. The highest BCUT2D eigenvalue weighted by atomic mass is 16.5. The summed E-state index contributed by atoms with van der Waals surface area (Å²) in [5.41, 5.74) is 2.79. The lowest BCUT2D eigenvalue weighted by molar-refractivity contribution is 0.112. The minimum Gasteiger partial charge on any atom is -0.493 e. The summed E-state index contributed by atoms with van der Waals surface area (Å²) >= 11 is 0. The normalized spacial score (nSPS) is 12.2. The zero-order chi connectivity index (χ0) is 12.8. The fourth-order valence-electron chi connectivity index (χ4n) is 2.08. The van der Waals surface area contributed by atoms with E-state index in [0.717, 1.165) is 29.8 Å². The molecule has 94 valence electrons. The van der Waals surface area contributed by atoms with Gasteiger partial charge in [-0.15, -0.1) is 0 Å². The summed E-state index contributed by atoms with van der Waals surface area (Å²) in [6.45, 7) is 9.11. The molecule has 0 N–H and O–H groups in total. The third-order valence-corrected chi connectivity index (χ3v) is 2.91. The van der Waals surface area contributed by atoms with Crippen LogP contribution in [0.1, 0.15) is 48.2 Å². The molecule has 1 rings (SSSR count). The first-order valence-electron chi connectivity index (χ1n) is 6.27. The first-order valence-corrected chi connectivity index (χ1v) is 6.27. The van der Waals surface area contributed by atoms with Gasteiger partial charge in [0.1, 0.15) is 12.0 Å². The Morgan fingerprint density at radius 1 is 1.29 bits per heavy atom. The maximum absolute atomic E-state index is 10.7. The summed E-state index contributed by atoms with van der Waals surface area (Å²) in [5, 5.41) is 0. The van der Waals surface area contributed by atoms with E-state index in [-0.39, 0.29) is 0 Å². The standard InChI is InChI=1S/C15H22O2/c1-5-6-11(2)10-17-15-12(3)7-14(9-16)8-13(15)4/h7-9,11H,5-6,10H2,1-4H3. The van der Waals surface area contributed by atoms with Crippen LogP contribution in [0.5, 0.6) is 5.75 Å². The molecule has 0 fully saturated rings. The van der Waals surface area contributed by atoms with E-state index in [2.05, 4.69) is 13.8 Å². The lowest BCUT2D eigenvalue weighted by atomic mass is 10.1. The molecule has 0 heterocycles. The van der Waals surface area contributed by atoms with Gasteiger partial charge in [0.05, 0.1) is 6.61 Å². The van der Waals surface area contributed by atoms with Crippen molar-refractivity contribution in [1.29, 1.82) is 0 Å². The average molecular weight is 234 g/mol. The number of rotatable bonds is 6. The van der Waals surface area contributed by atoms with E-state index >= 15 is 0 Å². The Morgan fingerprint density at radius 3 is 2.35 bits per heavy atom. The van der Waals surface area contributed by atoms with Crippen molar-refractivity contribution in [1.82, 2.24) is 0 Å². The largest absolute Gasteiger partial charge is 0.493 e. The van der Waals surface area contributed by atoms with Crippen molar-refractivity contribution in [3.63, 3.8) is 0 Å². The Morgan fingerprint density at radius 2 is 1.88 bits per heavy atom. The molecule has 0 aromatic heterocycles. The van der Waals surface area contributed by atoms with Crippen LogP contribution in [0, 0.1) is 19.8 Å². The van der Waals surface area contributed by atoms with E-state index in [0.29, 0.717) is 11.5 Å². The quantitative estimate of drug-likeness (QED) is 0.697. The van der Waals surface area contributed by atoms with Crippen LogP contribution in [0.4, 0.5) is 0 Å². The van der Waals surface area contributed by atoms with Crippen molar-refractivity contribution < 1.29 is 9.53 Å². The van der Waals surface area contributed by atoms with Gasteiger partial charge >= 0.3 is 0 Å². The molecule has 1 unspecified atom stereocenters. The molecule has 17 heavy (non-hydrogen) atoms. The summed E-state index contributed by atoms with van der Waals surface area (Å²) in [6, 6.07) is 3.75. The minimum atomic E-state index is 0.574. The highest BCUT2D eigenvalue weighted by molar-refractivity contribution is 5.76. The van der Waals surface area contributed by atoms with Crippen molar-refractivity contribution >= 4 is 6.29 Å². The molecule has 0 aliphatic rings. The van der Waals surface area contributed by atoms with Gasteiger partial charge in [-0.2, -0.15) is 0 Å². The Bertz CT molecular complexity index is 360. The zero-order valence-electron chi connectivity index (χ0n) is 11.2. The molecule has 1 aromatic carbocycles. The van der Waals surface area contributed by atoms with E-state index in [1.165, 1.54) is 12.8 Å². The van der Waals surface area contributed by atoms with Gasteiger partial charge in [-0.1, -0.05) is 20.3 Å². The number of carbonyl (C=O) groups excluding carboxylic acids is 1. The van der Waals surface area contributed by atoms with Gasteiger partial charge in [-0.25, -0.2) is 0 Å². The molecule has 0 bridgehead atoms. The second-order valence-electron chi connectivity index (χ2n) is 4.81. The number of aryl methyl sites for hydroxylation is 2. The fourth-order valence-corrected chi connectivity index (χ4v) is 2.08. The van der Waals surface area contributed by atoms with Crippen molar-refractivity contribution in [3.8, 4) is 5.75 Å². The van der Waals surface area contributed by atoms with Gasteiger partial charge < -0.3 is 4.74 Å². The number of hydrogen-bond acceptors (Lipinski definition) is 2. The highest BCUT2D eigenvalue weighted by Gasteiger charge is 2.08. The summed E-state index contributed by atoms with van der Waals surface area (Å²) in [4.78, 5) is 10.7. The first-order chi connectivity index (χ1) is 8.08. The van der Waals surface area contributed by atoms with Crippen molar-refractivity contribution in [3.05, 3.63) is 28.8 Å². The summed E-state index contributed by atoms with van der Waals surface area (Å²) in [5.74, 6) is 1.50. The predicted molar refractivity (Wildman–Crippen MR) is 70.9 cm³/mol. The van der Waals surface area contributed by atoms with Crippen LogP contribution in [-0.2, 0) is 0 Å². The summed E-state index contributed by atoms with van der Waals surface area (Å²) < 4.78 is 5.87. The van der Waals surface area contributed by atoms with Crippen LogP contribution in [0.3, 0.4) is 0 Å². The van der Waals surface area contributed by atoms with Crippen LogP contribution in [-0.4, -0.2) is 12.9 Å². The van der Waals surface area contributed by atoms with Gasteiger partial charge in [0.15, 0.2) is 0 Å². The zero-order valence-corrected chi connectivity index (χ0v) is 11.2. The molecule has 0 aliphatic carbocycles. The number of benzene rings is 1. The number of ether oxygens (including phenoxy) is 1. The maximum atomic E-state index is 10.7.